The van der Waals surface area contributed by atoms with E-state index in [-0.39, 0.29) is 24.8 Å². The van der Waals surface area contributed by atoms with Crippen molar-refractivity contribution in [1.29, 1.82) is 0 Å². The molecule has 0 saturated carbocycles. The Bertz CT molecular complexity index is 1010. The molecule has 0 N–H and O–H groups in total. The summed E-state index contributed by atoms with van der Waals surface area (Å²) in [6, 6.07) is 11.7. The van der Waals surface area contributed by atoms with Crippen molar-refractivity contribution in [2.75, 3.05) is 19.8 Å². The Kier molecular flexibility index (Phi) is 7.46. The zero-order chi connectivity index (χ0) is 21.7. The number of thiocarbonyl (C=S) groups is 1. The molecule has 1 aliphatic rings. The minimum Gasteiger partial charge on any atom is -0.490 e. The van der Waals surface area contributed by atoms with Gasteiger partial charge in [0.15, 0.2) is 0 Å². The summed E-state index contributed by atoms with van der Waals surface area (Å²) in [6.45, 7) is 2.81. The van der Waals surface area contributed by atoms with Crippen molar-refractivity contribution in [3.63, 3.8) is 0 Å². The van der Waals surface area contributed by atoms with Crippen molar-refractivity contribution < 1.29 is 19.2 Å². The van der Waals surface area contributed by atoms with E-state index in [4.69, 9.17) is 21.7 Å². The SMILES string of the molecule is CCN1C(=O)/C(=C\c2cc([N+](=O)[O-])ccc2OCCOc2ccc(Br)cc2)SC1=S. The van der Waals surface area contributed by atoms with Crippen LogP contribution in [0.25, 0.3) is 6.08 Å². The Hall–Kier alpha value is -2.43. The van der Waals surface area contributed by atoms with Crippen molar-refractivity contribution >= 4 is 61.9 Å². The van der Waals surface area contributed by atoms with E-state index in [9.17, 15) is 14.9 Å². The molecule has 2 aromatic carbocycles. The Morgan fingerprint density at radius 2 is 1.90 bits per heavy atom. The Labute approximate surface area is 191 Å². The third-order valence-electron chi connectivity index (χ3n) is 4.10. The molecule has 1 aliphatic heterocycles. The molecule has 0 aromatic heterocycles. The normalized spacial score (nSPS) is 15.0. The lowest BCUT2D eigenvalue weighted by atomic mass is 10.1. The van der Waals surface area contributed by atoms with Gasteiger partial charge in [0.1, 0.15) is 29.0 Å². The van der Waals surface area contributed by atoms with Crippen LogP contribution in [0.3, 0.4) is 0 Å². The number of rotatable bonds is 8. The van der Waals surface area contributed by atoms with Crippen LogP contribution < -0.4 is 9.47 Å². The molecule has 0 atom stereocenters. The Morgan fingerprint density at radius 1 is 1.20 bits per heavy atom. The number of thioether (sulfide) groups is 1. The van der Waals surface area contributed by atoms with E-state index in [0.29, 0.717) is 32.8 Å². The number of carbonyl (C=O) groups is 1. The number of benzene rings is 2. The lowest BCUT2D eigenvalue weighted by Gasteiger charge is -2.11. The molecular weight excluding hydrogens is 492 g/mol. The van der Waals surface area contributed by atoms with E-state index in [1.165, 1.54) is 34.9 Å². The molecule has 156 valence electrons. The maximum Gasteiger partial charge on any atom is 0.270 e. The molecule has 30 heavy (non-hydrogen) atoms. The molecule has 0 unspecified atom stereocenters. The molecule has 1 fully saturated rings. The fraction of sp³-hybridized carbons (Fsp3) is 0.200. The molecule has 0 spiro atoms. The van der Waals surface area contributed by atoms with Gasteiger partial charge < -0.3 is 9.47 Å². The quantitative estimate of drug-likeness (QED) is 0.162. The van der Waals surface area contributed by atoms with Crippen molar-refractivity contribution in [1.82, 2.24) is 4.90 Å². The third-order valence-corrected chi connectivity index (χ3v) is 6.01. The summed E-state index contributed by atoms with van der Waals surface area (Å²) in [5.74, 6) is 0.902. The number of hydrogen-bond acceptors (Lipinski definition) is 7. The molecule has 3 rings (SSSR count). The zero-order valence-corrected chi connectivity index (χ0v) is 19.1. The summed E-state index contributed by atoms with van der Waals surface area (Å²) < 4.78 is 12.8. The van der Waals surface area contributed by atoms with Crippen LogP contribution in [-0.4, -0.2) is 39.8 Å². The van der Waals surface area contributed by atoms with Gasteiger partial charge in [0, 0.05) is 28.7 Å². The third kappa shape index (κ3) is 5.38. The zero-order valence-electron chi connectivity index (χ0n) is 15.9. The number of nitro benzene ring substituents is 1. The average Bonchev–Trinajstić information content (AvgIpc) is 2.99. The predicted octanol–water partition coefficient (Wildman–Crippen LogP) is 5.04. The van der Waals surface area contributed by atoms with Gasteiger partial charge in [-0.15, -0.1) is 0 Å². The topological polar surface area (TPSA) is 81.9 Å². The number of likely N-dealkylation sites (N-methyl/N-ethyl adjacent to an activating group) is 1. The summed E-state index contributed by atoms with van der Waals surface area (Å²) in [5.41, 5.74) is 0.343. The molecule has 7 nitrogen and oxygen atoms in total. The first kappa shape index (κ1) is 22.3. The largest absolute Gasteiger partial charge is 0.490 e. The van der Waals surface area contributed by atoms with Gasteiger partial charge >= 0.3 is 0 Å². The number of hydrogen-bond donors (Lipinski definition) is 0. The van der Waals surface area contributed by atoms with E-state index in [1.807, 2.05) is 31.2 Å². The van der Waals surface area contributed by atoms with Gasteiger partial charge in [0.2, 0.25) is 0 Å². The Morgan fingerprint density at radius 3 is 2.53 bits per heavy atom. The maximum atomic E-state index is 12.5. The fourth-order valence-electron chi connectivity index (χ4n) is 2.65. The van der Waals surface area contributed by atoms with Gasteiger partial charge in [-0.25, -0.2) is 0 Å². The van der Waals surface area contributed by atoms with Gasteiger partial charge in [0.25, 0.3) is 11.6 Å². The highest BCUT2D eigenvalue weighted by molar-refractivity contribution is 9.10. The fourth-order valence-corrected chi connectivity index (χ4v) is 4.29. The van der Waals surface area contributed by atoms with Crippen molar-refractivity contribution in [2.45, 2.75) is 6.92 Å². The van der Waals surface area contributed by atoms with Gasteiger partial charge in [0.05, 0.1) is 9.83 Å². The summed E-state index contributed by atoms with van der Waals surface area (Å²) >= 11 is 9.75. The van der Waals surface area contributed by atoms with Crippen LogP contribution in [0.2, 0.25) is 0 Å². The first-order chi connectivity index (χ1) is 14.4. The van der Waals surface area contributed by atoms with E-state index in [0.717, 1.165) is 4.47 Å². The molecule has 0 radical (unpaired) electrons. The van der Waals surface area contributed by atoms with Crippen LogP contribution in [0.5, 0.6) is 11.5 Å². The van der Waals surface area contributed by atoms with Crippen molar-refractivity contribution in [3.8, 4) is 11.5 Å². The highest BCUT2D eigenvalue weighted by Gasteiger charge is 2.31. The molecule has 0 bridgehead atoms. The molecule has 2 aromatic rings. The number of amides is 1. The lowest BCUT2D eigenvalue weighted by molar-refractivity contribution is -0.384. The van der Waals surface area contributed by atoms with E-state index < -0.39 is 4.92 Å². The van der Waals surface area contributed by atoms with Crippen LogP contribution in [0.1, 0.15) is 12.5 Å². The molecule has 0 aliphatic carbocycles. The van der Waals surface area contributed by atoms with Gasteiger partial charge in [-0.1, -0.05) is 39.9 Å². The molecule has 1 heterocycles. The second kappa shape index (κ2) is 10.1. The minimum atomic E-state index is -0.491. The van der Waals surface area contributed by atoms with Crippen LogP contribution in [-0.2, 0) is 4.79 Å². The van der Waals surface area contributed by atoms with Crippen LogP contribution >= 0.6 is 39.9 Å². The number of carbonyl (C=O) groups excluding carboxylic acids is 1. The highest BCUT2D eigenvalue weighted by Crippen LogP contribution is 2.35. The van der Waals surface area contributed by atoms with Gasteiger partial charge in [-0.2, -0.15) is 0 Å². The first-order valence-corrected chi connectivity index (χ1v) is 11.0. The molecular formula is C20H17BrN2O5S2. The first-order valence-electron chi connectivity index (χ1n) is 8.94. The number of ether oxygens (including phenoxy) is 2. The monoisotopic (exact) mass is 508 g/mol. The predicted molar refractivity (Wildman–Crippen MR) is 124 cm³/mol. The molecule has 1 saturated heterocycles. The van der Waals surface area contributed by atoms with Crippen LogP contribution in [0.4, 0.5) is 5.69 Å². The van der Waals surface area contributed by atoms with Crippen molar-refractivity contribution in [3.05, 3.63) is 67.5 Å². The summed E-state index contributed by atoms with van der Waals surface area (Å²) in [5, 5.41) is 11.2. The number of halogens is 1. The second-order valence-corrected chi connectivity index (χ2v) is 8.65. The highest BCUT2D eigenvalue weighted by atomic mass is 79.9. The number of nitro groups is 1. The summed E-state index contributed by atoms with van der Waals surface area (Å²) in [4.78, 5) is 25.0. The number of nitrogens with zero attached hydrogens (tertiary/aromatic N) is 2. The van der Waals surface area contributed by atoms with Crippen LogP contribution in [0.15, 0.2) is 51.8 Å². The lowest BCUT2D eigenvalue weighted by Crippen LogP contribution is -2.27. The Balaban J connectivity index is 1.75. The van der Waals surface area contributed by atoms with Crippen LogP contribution in [0, 0.1) is 10.1 Å². The van der Waals surface area contributed by atoms with E-state index in [2.05, 4.69) is 15.9 Å². The summed E-state index contributed by atoms with van der Waals surface area (Å²) in [7, 11) is 0. The molecule has 10 heteroatoms. The van der Waals surface area contributed by atoms with E-state index in [1.54, 1.807) is 6.08 Å². The minimum absolute atomic E-state index is 0.0920. The number of non-ortho nitro benzene ring substituents is 1. The van der Waals surface area contributed by atoms with E-state index >= 15 is 0 Å². The second-order valence-electron chi connectivity index (χ2n) is 6.06. The smallest absolute Gasteiger partial charge is 0.270 e. The van der Waals surface area contributed by atoms with Gasteiger partial charge in [-0.3, -0.25) is 19.8 Å². The summed E-state index contributed by atoms with van der Waals surface area (Å²) in [6.07, 6.45) is 1.58. The maximum absolute atomic E-state index is 12.5. The molecule has 1 amide bonds. The average molecular weight is 509 g/mol. The van der Waals surface area contributed by atoms with Crippen molar-refractivity contribution in [2.24, 2.45) is 0 Å². The van der Waals surface area contributed by atoms with Gasteiger partial charge in [-0.05, 0) is 43.3 Å². The standard InChI is InChI=1S/C20H17BrN2O5S2/c1-2-22-19(24)18(30-20(22)29)12-13-11-15(23(25)26)5-8-17(13)28-10-9-27-16-6-3-14(21)4-7-16/h3-8,11-12H,2,9-10H2,1H3/b18-12+.